The Morgan fingerprint density at radius 2 is 1.91 bits per heavy atom. The maximum Gasteiger partial charge on any atom is 0.267 e. The standard InChI is InChI=1S/C24H27ClF2N2O4S/c1-14-3-8-18(13-29(14)12-16-6-7-17(26)9-21(16)25)33-23-11-22(27)20(10-19(23)15-4-5-15)24(30)28-34(2,31)32/h6-7,9-11,14-15,18H,3-5,8,12-13H2,1-2H3,(H,28,30)/t14-,18+/m0/s1. The summed E-state index contributed by atoms with van der Waals surface area (Å²) in [5, 5.41) is 0.372. The molecule has 0 aromatic heterocycles. The van der Waals surface area contributed by atoms with Crippen molar-refractivity contribution in [2.75, 3.05) is 12.8 Å². The molecule has 0 bridgehead atoms. The van der Waals surface area contributed by atoms with Gasteiger partial charge in [0.15, 0.2) is 0 Å². The van der Waals surface area contributed by atoms with E-state index in [-0.39, 0.29) is 29.4 Å². The summed E-state index contributed by atoms with van der Waals surface area (Å²) in [6.45, 7) is 3.23. The van der Waals surface area contributed by atoms with Gasteiger partial charge in [0, 0.05) is 30.2 Å². The van der Waals surface area contributed by atoms with E-state index in [1.807, 2.05) is 4.72 Å². The van der Waals surface area contributed by atoms with Gasteiger partial charge in [-0.3, -0.25) is 9.69 Å². The van der Waals surface area contributed by atoms with Crippen molar-refractivity contribution in [2.24, 2.45) is 0 Å². The molecule has 0 unspecified atom stereocenters. The number of nitrogens with one attached hydrogen (secondary N) is 1. The Bertz CT molecular complexity index is 1200. The smallest absolute Gasteiger partial charge is 0.267 e. The monoisotopic (exact) mass is 512 g/mol. The number of piperidine rings is 1. The minimum atomic E-state index is -3.81. The van der Waals surface area contributed by atoms with E-state index < -0.39 is 21.7 Å². The Hall–Kier alpha value is -2.23. The van der Waals surface area contributed by atoms with Gasteiger partial charge in [-0.05, 0) is 67.9 Å². The molecule has 1 aliphatic heterocycles. The van der Waals surface area contributed by atoms with E-state index in [4.69, 9.17) is 16.3 Å². The van der Waals surface area contributed by atoms with Gasteiger partial charge in [-0.15, -0.1) is 0 Å². The third kappa shape index (κ3) is 6.06. The predicted molar refractivity (Wildman–Crippen MR) is 126 cm³/mol. The maximum atomic E-state index is 14.8. The molecule has 1 aliphatic carbocycles. The van der Waals surface area contributed by atoms with Crippen LogP contribution in [0.15, 0.2) is 30.3 Å². The van der Waals surface area contributed by atoms with E-state index >= 15 is 0 Å². The fourth-order valence-electron chi connectivity index (χ4n) is 4.29. The van der Waals surface area contributed by atoms with E-state index in [1.165, 1.54) is 24.3 Å². The maximum absolute atomic E-state index is 14.8. The van der Waals surface area contributed by atoms with Crippen LogP contribution in [0.2, 0.25) is 5.02 Å². The second kappa shape index (κ2) is 9.79. The molecule has 1 heterocycles. The molecule has 6 nitrogen and oxygen atoms in total. The van der Waals surface area contributed by atoms with Crippen LogP contribution < -0.4 is 9.46 Å². The third-order valence-electron chi connectivity index (χ3n) is 6.29. The number of ether oxygens (including phenoxy) is 1. The van der Waals surface area contributed by atoms with E-state index in [0.717, 1.165) is 37.5 Å². The van der Waals surface area contributed by atoms with Crippen LogP contribution in [0.4, 0.5) is 8.78 Å². The summed E-state index contributed by atoms with van der Waals surface area (Å²) in [5.41, 5.74) is 1.22. The van der Waals surface area contributed by atoms with Gasteiger partial charge in [-0.1, -0.05) is 17.7 Å². The zero-order valence-corrected chi connectivity index (χ0v) is 20.6. The molecule has 1 amide bonds. The van der Waals surface area contributed by atoms with Crippen molar-refractivity contribution in [1.82, 2.24) is 9.62 Å². The number of benzene rings is 2. The quantitative estimate of drug-likeness (QED) is 0.586. The molecule has 10 heteroatoms. The Morgan fingerprint density at radius 1 is 1.18 bits per heavy atom. The van der Waals surface area contributed by atoms with Gasteiger partial charge in [-0.2, -0.15) is 0 Å². The Kier molecular flexibility index (Phi) is 7.17. The van der Waals surface area contributed by atoms with Crippen molar-refractivity contribution >= 4 is 27.5 Å². The molecule has 2 aromatic carbocycles. The first-order valence-electron chi connectivity index (χ1n) is 11.2. The number of carbonyl (C=O) groups excluding carboxylic acids is 1. The van der Waals surface area contributed by atoms with Crippen LogP contribution >= 0.6 is 11.6 Å². The van der Waals surface area contributed by atoms with Crippen molar-refractivity contribution in [1.29, 1.82) is 0 Å². The number of nitrogens with zero attached hydrogens (tertiary/aromatic N) is 1. The van der Waals surface area contributed by atoms with Crippen LogP contribution in [-0.4, -0.2) is 44.2 Å². The molecule has 0 spiro atoms. The zero-order valence-electron chi connectivity index (χ0n) is 19.0. The van der Waals surface area contributed by atoms with Gasteiger partial charge in [0.05, 0.1) is 11.8 Å². The summed E-state index contributed by atoms with van der Waals surface area (Å²) >= 11 is 6.21. The molecule has 2 atom stereocenters. The molecule has 2 aliphatic rings. The van der Waals surface area contributed by atoms with Crippen molar-refractivity contribution in [3.63, 3.8) is 0 Å². The average Bonchev–Trinajstić information content (AvgIpc) is 3.56. The van der Waals surface area contributed by atoms with E-state index in [9.17, 15) is 22.0 Å². The van der Waals surface area contributed by atoms with Crippen LogP contribution in [0.3, 0.4) is 0 Å². The topological polar surface area (TPSA) is 75.7 Å². The molecular formula is C24H27ClF2N2O4S. The summed E-state index contributed by atoms with van der Waals surface area (Å²) < 4.78 is 59.1. The summed E-state index contributed by atoms with van der Waals surface area (Å²) in [6, 6.07) is 7.22. The molecule has 4 rings (SSSR count). The largest absolute Gasteiger partial charge is 0.489 e. The van der Waals surface area contributed by atoms with Crippen LogP contribution in [0.25, 0.3) is 0 Å². The lowest BCUT2D eigenvalue weighted by molar-refractivity contribution is 0.0502. The number of sulfonamides is 1. The molecule has 1 N–H and O–H groups in total. The highest BCUT2D eigenvalue weighted by molar-refractivity contribution is 7.89. The van der Waals surface area contributed by atoms with E-state index in [1.54, 1.807) is 6.07 Å². The molecule has 1 saturated carbocycles. The highest BCUT2D eigenvalue weighted by Gasteiger charge is 2.32. The van der Waals surface area contributed by atoms with Crippen LogP contribution in [0.5, 0.6) is 5.75 Å². The third-order valence-corrected chi connectivity index (χ3v) is 7.20. The van der Waals surface area contributed by atoms with Crippen molar-refractivity contribution in [2.45, 2.75) is 57.2 Å². The van der Waals surface area contributed by atoms with E-state index in [2.05, 4.69) is 11.8 Å². The number of hydrogen-bond donors (Lipinski definition) is 1. The lowest BCUT2D eigenvalue weighted by atomic mass is 9.99. The number of halogens is 3. The van der Waals surface area contributed by atoms with Crippen molar-refractivity contribution in [3.05, 3.63) is 63.7 Å². The molecular weight excluding hydrogens is 486 g/mol. The number of amides is 1. The number of hydrogen-bond acceptors (Lipinski definition) is 5. The molecule has 1 saturated heterocycles. The molecule has 2 aromatic rings. The Balaban J connectivity index is 1.52. The number of likely N-dealkylation sites (tertiary alicyclic amines) is 1. The predicted octanol–water partition coefficient (Wildman–Crippen LogP) is 4.62. The van der Waals surface area contributed by atoms with Crippen molar-refractivity contribution in [3.8, 4) is 5.75 Å². The SMILES string of the molecule is C[C@H]1CC[C@@H](Oc2cc(F)c(C(=O)NS(C)(=O)=O)cc2C2CC2)CN1Cc1ccc(F)cc1Cl. The van der Waals surface area contributed by atoms with Crippen LogP contribution in [0, 0.1) is 11.6 Å². The van der Waals surface area contributed by atoms with Crippen LogP contribution in [-0.2, 0) is 16.6 Å². The lowest BCUT2D eigenvalue weighted by Gasteiger charge is -2.38. The first-order chi connectivity index (χ1) is 16.0. The summed E-state index contributed by atoms with van der Waals surface area (Å²) in [4.78, 5) is 14.5. The minimum Gasteiger partial charge on any atom is -0.489 e. The first-order valence-corrected chi connectivity index (χ1v) is 13.5. The fraction of sp³-hybridized carbons (Fsp3) is 0.458. The highest BCUT2D eigenvalue weighted by atomic mass is 35.5. The van der Waals surface area contributed by atoms with Gasteiger partial charge in [0.25, 0.3) is 5.91 Å². The highest BCUT2D eigenvalue weighted by Crippen LogP contribution is 2.45. The second-order valence-electron chi connectivity index (χ2n) is 9.18. The van der Waals surface area contributed by atoms with E-state index in [0.29, 0.717) is 29.4 Å². The fourth-order valence-corrected chi connectivity index (χ4v) is 4.97. The molecule has 184 valence electrons. The summed E-state index contributed by atoms with van der Waals surface area (Å²) in [5.74, 6) is -1.68. The average molecular weight is 513 g/mol. The van der Waals surface area contributed by atoms with Crippen molar-refractivity contribution < 1.29 is 26.7 Å². The molecule has 2 fully saturated rings. The minimum absolute atomic E-state index is 0.150. The van der Waals surface area contributed by atoms with Gasteiger partial charge < -0.3 is 4.74 Å². The zero-order chi connectivity index (χ0) is 24.6. The second-order valence-corrected chi connectivity index (χ2v) is 11.3. The Labute approximate surface area is 203 Å². The van der Waals surface area contributed by atoms with Gasteiger partial charge in [-0.25, -0.2) is 21.9 Å². The number of rotatable bonds is 7. The number of carbonyl (C=O) groups is 1. The Morgan fingerprint density at radius 3 is 2.56 bits per heavy atom. The van der Waals surface area contributed by atoms with Gasteiger partial charge >= 0.3 is 0 Å². The lowest BCUT2D eigenvalue weighted by Crippen LogP contribution is -2.45. The summed E-state index contributed by atoms with van der Waals surface area (Å²) in [7, 11) is -3.81. The summed E-state index contributed by atoms with van der Waals surface area (Å²) in [6.07, 6.45) is 4.06. The van der Waals surface area contributed by atoms with Crippen LogP contribution in [0.1, 0.15) is 60.0 Å². The molecule has 34 heavy (non-hydrogen) atoms. The first kappa shape index (κ1) is 24.9. The normalized spacial score (nSPS) is 21.3. The molecule has 0 radical (unpaired) electrons. The van der Waals surface area contributed by atoms with Gasteiger partial charge in [0.1, 0.15) is 23.5 Å². The van der Waals surface area contributed by atoms with Gasteiger partial charge in [0.2, 0.25) is 10.0 Å².